The van der Waals surface area contributed by atoms with Crippen molar-refractivity contribution in [2.75, 3.05) is 12.4 Å². The summed E-state index contributed by atoms with van der Waals surface area (Å²) in [6.07, 6.45) is 8.78. The average molecular weight is 333 g/mol. The lowest BCUT2D eigenvalue weighted by atomic mass is 10.1. The van der Waals surface area contributed by atoms with E-state index >= 15 is 0 Å². The Balaban J connectivity index is 0. The number of ether oxygens (including phenoxy) is 1. The van der Waals surface area contributed by atoms with E-state index in [9.17, 15) is 13.2 Å². The highest BCUT2D eigenvalue weighted by Crippen LogP contribution is 2.07. The summed E-state index contributed by atoms with van der Waals surface area (Å²) in [5.74, 6) is -0.329. The standard InChI is InChI=1S/C14H28O5S.Mg/c1-2-3-4-5-8-11-14(15)19-12-9-6-7-10-13-20(16,17)18;/h2-13H2,1H3,(H,16,17,18);. The Morgan fingerprint density at radius 1 is 0.952 bits per heavy atom. The molecule has 0 rings (SSSR count). The van der Waals surface area contributed by atoms with E-state index in [2.05, 4.69) is 6.92 Å². The number of unbranched alkanes of at least 4 members (excludes halogenated alkanes) is 7. The van der Waals surface area contributed by atoms with Gasteiger partial charge in [-0.3, -0.25) is 9.35 Å². The molecule has 21 heavy (non-hydrogen) atoms. The molecule has 0 aromatic heterocycles. The summed E-state index contributed by atoms with van der Waals surface area (Å²) in [6.45, 7) is 2.56. The summed E-state index contributed by atoms with van der Waals surface area (Å²) in [4.78, 5) is 11.4. The maximum Gasteiger partial charge on any atom is 0.305 e. The van der Waals surface area contributed by atoms with Crippen molar-refractivity contribution in [2.24, 2.45) is 0 Å². The number of rotatable bonds is 13. The van der Waals surface area contributed by atoms with Gasteiger partial charge in [-0.15, -0.1) is 0 Å². The van der Waals surface area contributed by atoms with E-state index in [1.165, 1.54) is 19.3 Å². The summed E-state index contributed by atoms with van der Waals surface area (Å²) in [7, 11) is -3.83. The Labute approximate surface area is 145 Å². The van der Waals surface area contributed by atoms with Crippen LogP contribution in [-0.2, 0) is 19.6 Å². The van der Waals surface area contributed by atoms with Gasteiger partial charge < -0.3 is 4.74 Å². The van der Waals surface area contributed by atoms with Gasteiger partial charge in [0, 0.05) is 29.5 Å². The van der Waals surface area contributed by atoms with Gasteiger partial charge in [0.2, 0.25) is 0 Å². The normalized spacial score (nSPS) is 11.0. The van der Waals surface area contributed by atoms with Crippen LogP contribution in [0.15, 0.2) is 0 Å². The fourth-order valence-electron chi connectivity index (χ4n) is 1.87. The summed E-state index contributed by atoms with van der Waals surface area (Å²) in [5.41, 5.74) is 0. The molecule has 0 aromatic carbocycles. The van der Waals surface area contributed by atoms with Crippen molar-refractivity contribution in [3.63, 3.8) is 0 Å². The molecule has 0 spiro atoms. The van der Waals surface area contributed by atoms with Gasteiger partial charge in [-0.1, -0.05) is 45.4 Å². The number of carbonyl (C=O) groups is 1. The highest BCUT2D eigenvalue weighted by molar-refractivity contribution is 7.85. The minimum atomic E-state index is -3.83. The largest absolute Gasteiger partial charge is 0.466 e. The van der Waals surface area contributed by atoms with Crippen molar-refractivity contribution >= 4 is 39.1 Å². The average Bonchev–Trinajstić information content (AvgIpc) is 2.36. The first-order valence-corrected chi connectivity index (χ1v) is 9.17. The van der Waals surface area contributed by atoms with Crippen LogP contribution in [0.5, 0.6) is 0 Å². The van der Waals surface area contributed by atoms with Crippen LogP contribution >= 0.6 is 0 Å². The topological polar surface area (TPSA) is 80.7 Å². The third-order valence-corrected chi connectivity index (χ3v) is 3.85. The maximum absolute atomic E-state index is 11.4. The molecule has 7 heteroatoms. The first kappa shape index (κ1) is 23.4. The number of carbonyl (C=O) groups excluding carboxylic acids is 1. The molecule has 0 aliphatic rings. The molecule has 0 amide bonds. The van der Waals surface area contributed by atoms with Crippen LogP contribution in [0.4, 0.5) is 0 Å². The van der Waals surface area contributed by atoms with Crippen LogP contribution in [0.3, 0.4) is 0 Å². The maximum atomic E-state index is 11.4. The quantitative estimate of drug-likeness (QED) is 0.243. The molecular weight excluding hydrogens is 305 g/mol. The SMILES string of the molecule is CCCCCCCC(=O)OCCCCCCS(=O)(=O)O.[Mg]. The van der Waals surface area contributed by atoms with Crippen LogP contribution in [0.25, 0.3) is 0 Å². The highest BCUT2D eigenvalue weighted by atomic mass is 32.2. The lowest BCUT2D eigenvalue weighted by molar-refractivity contribution is -0.143. The van der Waals surface area contributed by atoms with Gasteiger partial charge in [0.05, 0.1) is 12.4 Å². The Morgan fingerprint density at radius 2 is 1.52 bits per heavy atom. The Bertz CT molecular complexity index is 343. The zero-order valence-corrected chi connectivity index (χ0v) is 15.4. The monoisotopic (exact) mass is 332 g/mol. The van der Waals surface area contributed by atoms with E-state index in [-0.39, 0.29) is 34.8 Å². The van der Waals surface area contributed by atoms with Gasteiger partial charge in [-0.2, -0.15) is 8.42 Å². The molecule has 0 fully saturated rings. The van der Waals surface area contributed by atoms with Crippen molar-refractivity contribution in [1.82, 2.24) is 0 Å². The van der Waals surface area contributed by atoms with Gasteiger partial charge >= 0.3 is 5.97 Å². The summed E-state index contributed by atoms with van der Waals surface area (Å²) in [6, 6.07) is 0. The van der Waals surface area contributed by atoms with Gasteiger partial charge in [0.1, 0.15) is 0 Å². The Hall–Kier alpha value is 0.146. The molecule has 0 aliphatic carbocycles. The van der Waals surface area contributed by atoms with E-state index in [1.807, 2.05) is 0 Å². The second-order valence-corrected chi connectivity index (χ2v) is 6.66. The minimum absolute atomic E-state index is 0. The van der Waals surface area contributed by atoms with Gasteiger partial charge in [-0.05, 0) is 19.3 Å². The van der Waals surface area contributed by atoms with Crippen LogP contribution in [-0.4, -0.2) is 54.4 Å². The highest BCUT2D eigenvalue weighted by Gasteiger charge is 2.04. The van der Waals surface area contributed by atoms with E-state index in [0.29, 0.717) is 25.9 Å². The lowest BCUT2D eigenvalue weighted by Crippen LogP contribution is -2.06. The molecule has 0 saturated carbocycles. The van der Waals surface area contributed by atoms with Crippen LogP contribution in [0.1, 0.15) is 71.1 Å². The van der Waals surface area contributed by atoms with Gasteiger partial charge in [0.25, 0.3) is 10.1 Å². The summed E-state index contributed by atoms with van der Waals surface area (Å²) >= 11 is 0. The van der Waals surface area contributed by atoms with E-state index < -0.39 is 10.1 Å². The van der Waals surface area contributed by atoms with Gasteiger partial charge in [0.15, 0.2) is 0 Å². The van der Waals surface area contributed by atoms with Crippen LogP contribution in [0.2, 0.25) is 0 Å². The van der Waals surface area contributed by atoms with Crippen molar-refractivity contribution in [2.45, 2.75) is 71.1 Å². The first-order chi connectivity index (χ1) is 9.45. The Kier molecular flexibility index (Phi) is 16.8. The van der Waals surface area contributed by atoms with E-state index in [4.69, 9.17) is 9.29 Å². The van der Waals surface area contributed by atoms with E-state index in [0.717, 1.165) is 25.7 Å². The molecule has 0 bridgehead atoms. The third-order valence-electron chi connectivity index (χ3n) is 3.04. The molecular formula is C14H28MgO5S. The fourth-order valence-corrected chi connectivity index (χ4v) is 2.44. The molecule has 1 N–H and O–H groups in total. The number of esters is 1. The lowest BCUT2D eigenvalue weighted by Gasteiger charge is -2.04. The van der Waals surface area contributed by atoms with Crippen LogP contribution < -0.4 is 0 Å². The predicted octanol–water partition coefficient (Wildman–Crippen LogP) is 2.96. The van der Waals surface area contributed by atoms with Crippen molar-refractivity contribution in [3.05, 3.63) is 0 Å². The minimum Gasteiger partial charge on any atom is -0.466 e. The fraction of sp³-hybridized carbons (Fsp3) is 0.929. The Morgan fingerprint density at radius 3 is 2.14 bits per heavy atom. The third kappa shape index (κ3) is 20.1. The molecule has 2 radical (unpaired) electrons. The molecule has 5 nitrogen and oxygen atoms in total. The summed E-state index contributed by atoms with van der Waals surface area (Å²) < 4.78 is 34.5. The summed E-state index contributed by atoms with van der Waals surface area (Å²) in [5, 5.41) is 0. The molecule has 122 valence electrons. The molecule has 0 heterocycles. The zero-order valence-electron chi connectivity index (χ0n) is 13.2. The van der Waals surface area contributed by atoms with Crippen molar-refractivity contribution in [3.8, 4) is 0 Å². The second-order valence-electron chi connectivity index (χ2n) is 5.08. The number of hydrogen-bond donors (Lipinski definition) is 1. The molecule has 0 aliphatic heterocycles. The zero-order chi connectivity index (χ0) is 15.3. The molecule has 0 aromatic rings. The first-order valence-electron chi connectivity index (χ1n) is 7.56. The van der Waals surface area contributed by atoms with Gasteiger partial charge in [-0.25, -0.2) is 0 Å². The predicted molar refractivity (Wildman–Crippen MR) is 85.0 cm³/mol. The smallest absolute Gasteiger partial charge is 0.305 e. The van der Waals surface area contributed by atoms with Crippen molar-refractivity contribution < 1.29 is 22.5 Å². The van der Waals surface area contributed by atoms with E-state index in [1.54, 1.807) is 0 Å². The molecule has 0 unspecified atom stereocenters. The molecule has 0 saturated heterocycles. The number of hydrogen-bond acceptors (Lipinski definition) is 4. The van der Waals surface area contributed by atoms with Crippen LogP contribution in [0, 0.1) is 0 Å². The van der Waals surface area contributed by atoms with Crippen molar-refractivity contribution in [1.29, 1.82) is 0 Å². The molecule has 0 atom stereocenters. The second kappa shape index (κ2) is 15.1.